The van der Waals surface area contributed by atoms with Gasteiger partial charge in [0.2, 0.25) is 0 Å². The predicted octanol–water partition coefficient (Wildman–Crippen LogP) is 4.92. The van der Waals surface area contributed by atoms with Crippen molar-refractivity contribution in [3.05, 3.63) is 0 Å². The molecule has 0 saturated carbocycles. The summed E-state index contributed by atoms with van der Waals surface area (Å²) in [7, 11) is 0. The zero-order valence-corrected chi connectivity index (χ0v) is 14.1. The van der Waals surface area contributed by atoms with Crippen LogP contribution in [0.4, 0.5) is 0 Å². The van der Waals surface area contributed by atoms with Crippen molar-refractivity contribution in [2.24, 2.45) is 0 Å². The van der Waals surface area contributed by atoms with Gasteiger partial charge in [-0.3, -0.25) is 0 Å². The van der Waals surface area contributed by atoms with Gasteiger partial charge in [-0.2, -0.15) is 0 Å². The van der Waals surface area contributed by atoms with E-state index in [0.717, 1.165) is 26.0 Å². The molecule has 0 aliphatic carbocycles. The quantitative estimate of drug-likeness (QED) is 0.480. The Kier molecular flexibility index (Phi) is 11.7. The zero-order chi connectivity index (χ0) is 14.6. The Labute approximate surface area is 121 Å². The van der Waals surface area contributed by atoms with E-state index in [2.05, 4.69) is 39.9 Å². The van der Waals surface area contributed by atoms with Gasteiger partial charge in [0, 0.05) is 12.6 Å². The molecule has 1 N–H and O–H groups in total. The summed E-state index contributed by atoms with van der Waals surface area (Å²) in [5.41, 5.74) is 0.0372. The molecule has 1 atom stereocenters. The van der Waals surface area contributed by atoms with E-state index in [-0.39, 0.29) is 5.60 Å². The second-order valence-electron chi connectivity index (χ2n) is 5.52. The van der Waals surface area contributed by atoms with Crippen LogP contribution < -0.4 is 5.32 Å². The number of unbranched alkanes of at least 4 members (excludes halogenated alkanes) is 4. The van der Waals surface area contributed by atoms with Crippen molar-refractivity contribution in [3.8, 4) is 0 Å². The van der Waals surface area contributed by atoms with Gasteiger partial charge in [0.25, 0.3) is 0 Å². The fourth-order valence-electron chi connectivity index (χ4n) is 3.08. The molecule has 0 aromatic carbocycles. The number of nitrogens with one attached hydrogen (secondary N) is 1. The summed E-state index contributed by atoms with van der Waals surface area (Å²) in [6.07, 6.45) is 10.2. The topological polar surface area (TPSA) is 21.3 Å². The SMILES string of the molecule is CCCCCCCC(NCC)C(CC)(CC)OCC. The first-order valence-corrected chi connectivity index (χ1v) is 8.57. The van der Waals surface area contributed by atoms with E-state index in [1.54, 1.807) is 0 Å². The van der Waals surface area contributed by atoms with Gasteiger partial charge in [0.15, 0.2) is 0 Å². The molecule has 0 rings (SSSR count). The largest absolute Gasteiger partial charge is 0.374 e. The third-order valence-corrected chi connectivity index (χ3v) is 4.31. The molecule has 0 heterocycles. The minimum absolute atomic E-state index is 0.0372. The Morgan fingerprint density at radius 1 is 0.895 bits per heavy atom. The molecule has 0 fully saturated rings. The number of ether oxygens (including phenoxy) is 1. The number of hydrogen-bond acceptors (Lipinski definition) is 2. The molecule has 0 aromatic heterocycles. The number of likely N-dealkylation sites (N-methyl/N-ethyl adjacent to an activating group) is 1. The van der Waals surface area contributed by atoms with Gasteiger partial charge >= 0.3 is 0 Å². The van der Waals surface area contributed by atoms with E-state index in [9.17, 15) is 0 Å². The summed E-state index contributed by atoms with van der Waals surface area (Å²) in [4.78, 5) is 0. The smallest absolute Gasteiger partial charge is 0.0829 e. The van der Waals surface area contributed by atoms with E-state index in [1.165, 1.54) is 38.5 Å². The molecule has 116 valence electrons. The van der Waals surface area contributed by atoms with E-state index in [1.807, 2.05) is 0 Å². The highest BCUT2D eigenvalue weighted by atomic mass is 16.5. The molecule has 0 spiro atoms. The Morgan fingerprint density at radius 2 is 1.53 bits per heavy atom. The standard InChI is InChI=1S/C17H37NO/c1-6-11-12-13-14-15-16(18-9-4)17(7-2,8-3)19-10-5/h16,18H,6-15H2,1-5H3. The van der Waals surface area contributed by atoms with E-state index >= 15 is 0 Å². The van der Waals surface area contributed by atoms with Crippen molar-refractivity contribution in [2.75, 3.05) is 13.2 Å². The molecule has 1 unspecified atom stereocenters. The molecule has 0 amide bonds. The maximum atomic E-state index is 6.16. The maximum absolute atomic E-state index is 6.16. The van der Waals surface area contributed by atoms with Crippen LogP contribution in [0.25, 0.3) is 0 Å². The average molecular weight is 271 g/mol. The number of rotatable bonds is 13. The van der Waals surface area contributed by atoms with Crippen LogP contribution in [0.5, 0.6) is 0 Å². The summed E-state index contributed by atoms with van der Waals surface area (Å²) in [5.74, 6) is 0. The van der Waals surface area contributed by atoms with Crippen LogP contribution in [0.2, 0.25) is 0 Å². The predicted molar refractivity (Wildman–Crippen MR) is 85.8 cm³/mol. The first-order chi connectivity index (χ1) is 9.20. The maximum Gasteiger partial charge on any atom is 0.0829 e. The van der Waals surface area contributed by atoms with Crippen LogP contribution in [0.3, 0.4) is 0 Å². The number of hydrogen-bond donors (Lipinski definition) is 1. The lowest BCUT2D eigenvalue weighted by Gasteiger charge is -2.40. The average Bonchev–Trinajstić information content (AvgIpc) is 2.44. The Balaban J connectivity index is 4.39. The monoisotopic (exact) mass is 271 g/mol. The molecule has 2 heteroatoms. The fraction of sp³-hybridized carbons (Fsp3) is 1.00. The van der Waals surface area contributed by atoms with E-state index in [0.29, 0.717) is 6.04 Å². The highest BCUT2D eigenvalue weighted by Gasteiger charge is 2.35. The van der Waals surface area contributed by atoms with Crippen LogP contribution in [-0.4, -0.2) is 24.8 Å². The summed E-state index contributed by atoms with van der Waals surface area (Å²) < 4.78 is 6.16. The van der Waals surface area contributed by atoms with Gasteiger partial charge in [-0.05, 0) is 32.7 Å². The molecule has 0 radical (unpaired) electrons. The molecule has 0 bridgehead atoms. The van der Waals surface area contributed by atoms with Crippen LogP contribution >= 0.6 is 0 Å². The van der Waals surface area contributed by atoms with Crippen molar-refractivity contribution >= 4 is 0 Å². The molecule has 0 aromatic rings. The fourth-order valence-corrected chi connectivity index (χ4v) is 3.08. The van der Waals surface area contributed by atoms with Gasteiger partial charge in [-0.25, -0.2) is 0 Å². The van der Waals surface area contributed by atoms with Gasteiger partial charge in [0.1, 0.15) is 0 Å². The lowest BCUT2D eigenvalue weighted by atomic mass is 9.84. The molecule has 0 saturated heterocycles. The first-order valence-electron chi connectivity index (χ1n) is 8.57. The van der Waals surface area contributed by atoms with Crippen LogP contribution in [0.1, 0.15) is 86.0 Å². The van der Waals surface area contributed by atoms with Gasteiger partial charge in [0.05, 0.1) is 5.60 Å². The van der Waals surface area contributed by atoms with Gasteiger partial charge in [-0.1, -0.05) is 59.8 Å². The third kappa shape index (κ3) is 6.76. The van der Waals surface area contributed by atoms with E-state index in [4.69, 9.17) is 4.74 Å². The summed E-state index contributed by atoms with van der Waals surface area (Å²) in [6.45, 7) is 13.0. The normalized spacial score (nSPS) is 13.7. The van der Waals surface area contributed by atoms with Crippen LogP contribution in [-0.2, 0) is 4.74 Å². The van der Waals surface area contributed by atoms with E-state index < -0.39 is 0 Å². The highest BCUT2D eigenvalue weighted by molar-refractivity contribution is 4.91. The molecule has 0 aliphatic heterocycles. The minimum Gasteiger partial charge on any atom is -0.374 e. The molecule has 2 nitrogen and oxygen atoms in total. The second kappa shape index (κ2) is 11.7. The minimum atomic E-state index is 0.0372. The Morgan fingerprint density at radius 3 is 2.00 bits per heavy atom. The first kappa shape index (κ1) is 18.9. The summed E-state index contributed by atoms with van der Waals surface area (Å²) in [6, 6.07) is 0.508. The van der Waals surface area contributed by atoms with Gasteiger partial charge < -0.3 is 10.1 Å². The zero-order valence-electron chi connectivity index (χ0n) is 14.1. The summed E-state index contributed by atoms with van der Waals surface area (Å²) in [5, 5.41) is 3.68. The molecular formula is C17H37NO. The Bertz CT molecular complexity index is 190. The Hall–Kier alpha value is -0.0800. The third-order valence-electron chi connectivity index (χ3n) is 4.31. The van der Waals surface area contributed by atoms with Crippen molar-refractivity contribution in [3.63, 3.8) is 0 Å². The van der Waals surface area contributed by atoms with Crippen molar-refractivity contribution in [1.82, 2.24) is 5.32 Å². The lowest BCUT2D eigenvalue weighted by Crippen LogP contribution is -2.52. The molecular weight excluding hydrogens is 234 g/mol. The summed E-state index contributed by atoms with van der Waals surface area (Å²) >= 11 is 0. The molecule has 19 heavy (non-hydrogen) atoms. The van der Waals surface area contributed by atoms with Crippen LogP contribution in [0.15, 0.2) is 0 Å². The molecule has 0 aliphatic rings. The second-order valence-corrected chi connectivity index (χ2v) is 5.52. The van der Waals surface area contributed by atoms with Crippen molar-refractivity contribution < 1.29 is 4.74 Å². The van der Waals surface area contributed by atoms with Gasteiger partial charge in [-0.15, -0.1) is 0 Å². The van der Waals surface area contributed by atoms with Crippen molar-refractivity contribution in [2.45, 2.75) is 97.6 Å². The highest BCUT2D eigenvalue weighted by Crippen LogP contribution is 2.28. The lowest BCUT2D eigenvalue weighted by molar-refractivity contribution is -0.0738. The van der Waals surface area contributed by atoms with Crippen molar-refractivity contribution in [1.29, 1.82) is 0 Å². The van der Waals surface area contributed by atoms with Crippen LogP contribution in [0, 0.1) is 0 Å².